The lowest BCUT2D eigenvalue weighted by molar-refractivity contribution is 0.0999. The lowest BCUT2D eigenvalue weighted by Crippen LogP contribution is -2.10. The van der Waals surface area contributed by atoms with Crippen molar-refractivity contribution in [2.45, 2.75) is 0 Å². The van der Waals surface area contributed by atoms with Crippen LogP contribution in [0.25, 0.3) is 10.6 Å². The van der Waals surface area contributed by atoms with Crippen LogP contribution in [-0.2, 0) is 0 Å². The maximum Gasteiger partial charge on any atom is 0.279 e. The molecule has 6 heteroatoms. The average Bonchev–Trinajstić information content (AvgIpc) is 2.68. The SMILES string of the molecule is NC(=O)c1nnc(-c2ccc(F)cc2)s1. The fourth-order valence-corrected chi connectivity index (χ4v) is 1.73. The lowest BCUT2D eigenvalue weighted by Gasteiger charge is -1.93. The zero-order valence-corrected chi connectivity index (χ0v) is 8.29. The summed E-state index contributed by atoms with van der Waals surface area (Å²) >= 11 is 1.08. The zero-order valence-electron chi connectivity index (χ0n) is 7.48. The molecule has 1 amide bonds. The Morgan fingerprint density at radius 1 is 1.27 bits per heavy atom. The Hall–Kier alpha value is -1.82. The van der Waals surface area contributed by atoms with Crippen LogP contribution >= 0.6 is 11.3 Å². The molecule has 0 spiro atoms. The van der Waals surface area contributed by atoms with Crippen molar-refractivity contribution in [1.82, 2.24) is 10.2 Å². The van der Waals surface area contributed by atoms with E-state index in [0.29, 0.717) is 10.6 Å². The third-order valence-electron chi connectivity index (χ3n) is 1.73. The predicted octanol–water partition coefficient (Wildman–Crippen LogP) is 1.44. The van der Waals surface area contributed by atoms with Gasteiger partial charge in [0, 0.05) is 5.56 Å². The van der Waals surface area contributed by atoms with E-state index >= 15 is 0 Å². The van der Waals surface area contributed by atoms with Gasteiger partial charge in [0.25, 0.3) is 5.91 Å². The highest BCUT2D eigenvalue weighted by Gasteiger charge is 2.10. The summed E-state index contributed by atoms with van der Waals surface area (Å²) in [5.41, 5.74) is 5.75. The van der Waals surface area contributed by atoms with Gasteiger partial charge < -0.3 is 5.73 Å². The second kappa shape index (κ2) is 3.74. The molecule has 4 nitrogen and oxygen atoms in total. The maximum atomic E-state index is 12.6. The third-order valence-corrected chi connectivity index (χ3v) is 2.71. The fraction of sp³-hybridized carbons (Fsp3) is 0. The molecule has 0 atom stereocenters. The first kappa shape index (κ1) is 9.72. The van der Waals surface area contributed by atoms with Crippen LogP contribution in [0.5, 0.6) is 0 Å². The first-order valence-electron chi connectivity index (χ1n) is 4.06. The molecule has 1 aromatic carbocycles. The van der Waals surface area contributed by atoms with E-state index in [1.807, 2.05) is 0 Å². The molecule has 0 saturated carbocycles. The average molecular weight is 223 g/mol. The molecule has 0 saturated heterocycles. The van der Waals surface area contributed by atoms with Gasteiger partial charge in [-0.25, -0.2) is 4.39 Å². The van der Waals surface area contributed by atoms with E-state index in [2.05, 4.69) is 10.2 Å². The van der Waals surface area contributed by atoms with Crippen LogP contribution in [0.2, 0.25) is 0 Å². The number of hydrogen-bond donors (Lipinski definition) is 1. The minimum Gasteiger partial charge on any atom is -0.363 e. The van der Waals surface area contributed by atoms with Crippen LogP contribution in [0, 0.1) is 5.82 Å². The Kier molecular flexibility index (Phi) is 2.42. The molecule has 0 bridgehead atoms. The van der Waals surface area contributed by atoms with Crippen LogP contribution in [-0.4, -0.2) is 16.1 Å². The summed E-state index contributed by atoms with van der Waals surface area (Å²) in [5, 5.41) is 8.09. The summed E-state index contributed by atoms with van der Waals surface area (Å²) in [7, 11) is 0. The zero-order chi connectivity index (χ0) is 10.8. The standard InChI is InChI=1S/C9H6FN3OS/c10-6-3-1-5(2-4-6)8-12-13-9(15-8)7(11)14/h1-4H,(H2,11,14). The number of hydrogen-bond acceptors (Lipinski definition) is 4. The van der Waals surface area contributed by atoms with E-state index < -0.39 is 5.91 Å². The van der Waals surface area contributed by atoms with Crippen molar-refractivity contribution in [3.05, 3.63) is 35.1 Å². The van der Waals surface area contributed by atoms with Crippen LogP contribution < -0.4 is 5.73 Å². The minimum atomic E-state index is -0.610. The van der Waals surface area contributed by atoms with Gasteiger partial charge in [-0.15, -0.1) is 10.2 Å². The summed E-state index contributed by atoms with van der Waals surface area (Å²) in [4.78, 5) is 10.8. The largest absolute Gasteiger partial charge is 0.363 e. The molecule has 0 radical (unpaired) electrons. The molecule has 0 aliphatic heterocycles. The molecule has 0 aliphatic rings. The number of rotatable bonds is 2. The van der Waals surface area contributed by atoms with Gasteiger partial charge in [-0.3, -0.25) is 4.79 Å². The molecule has 0 unspecified atom stereocenters. The van der Waals surface area contributed by atoms with E-state index in [1.165, 1.54) is 12.1 Å². The molecular weight excluding hydrogens is 217 g/mol. The quantitative estimate of drug-likeness (QED) is 0.837. The highest BCUT2D eigenvalue weighted by molar-refractivity contribution is 7.16. The maximum absolute atomic E-state index is 12.6. The van der Waals surface area contributed by atoms with Crippen molar-refractivity contribution in [3.63, 3.8) is 0 Å². The molecule has 2 aromatic rings. The highest BCUT2D eigenvalue weighted by Crippen LogP contribution is 2.23. The van der Waals surface area contributed by atoms with E-state index in [4.69, 9.17) is 5.73 Å². The monoisotopic (exact) mass is 223 g/mol. The van der Waals surface area contributed by atoms with Crippen molar-refractivity contribution in [1.29, 1.82) is 0 Å². The molecule has 0 aliphatic carbocycles. The molecular formula is C9H6FN3OS. The van der Waals surface area contributed by atoms with Crippen LogP contribution in [0.15, 0.2) is 24.3 Å². The summed E-state index contributed by atoms with van der Waals surface area (Å²) in [5.74, 6) is -0.931. The van der Waals surface area contributed by atoms with Crippen molar-refractivity contribution >= 4 is 17.2 Å². The second-order valence-corrected chi connectivity index (χ2v) is 3.76. The van der Waals surface area contributed by atoms with Gasteiger partial charge in [-0.2, -0.15) is 0 Å². The van der Waals surface area contributed by atoms with Crippen LogP contribution in [0.1, 0.15) is 9.80 Å². The van der Waals surface area contributed by atoms with Gasteiger partial charge in [-0.1, -0.05) is 11.3 Å². The van der Waals surface area contributed by atoms with Crippen molar-refractivity contribution in [2.75, 3.05) is 0 Å². The van der Waals surface area contributed by atoms with Gasteiger partial charge in [0.05, 0.1) is 0 Å². The highest BCUT2D eigenvalue weighted by atomic mass is 32.1. The number of carbonyl (C=O) groups excluding carboxylic acids is 1. The smallest absolute Gasteiger partial charge is 0.279 e. The first-order chi connectivity index (χ1) is 7.16. The van der Waals surface area contributed by atoms with E-state index in [9.17, 15) is 9.18 Å². The number of nitrogens with two attached hydrogens (primary N) is 1. The third kappa shape index (κ3) is 1.99. The van der Waals surface area contributed by atoms with Gasteiger partial charge in [0.15, 0.2) is 0 Å². The molecule has 1 aromatic heterocycles. The molecule has 2 rings (SSSR count). The fourth-order valence-electron chi connectivity index (χ4n) is 1.03. The molecule has 1 heterocycles. The summed E-state index contributed by atoms with van der Waals surface area (Å²) in [6.07, 6.45) is 0. The van der Waals surface area contributed by atoms with E-state index in [1.54, 1.807) is 12.1 Å². The van der Waals surface area contributed by atoms with Gasteiger partial charge >= 0.3 is 0 Å². The Morgan fingerprint density at radius 2 is 1.93 bits per heavy atom. The molecule has 0 fully saturated rings. The summed E-state index contributed by atoms with van der Waals surface area (Å²) in [6.45, 7) is 0. The number of primary amides is 1. The number of aromatic nitrogens is 2. The topological polar surface area (TPSA) is 68.9 Å². The Labute approximate surface area is 88.6 Å². The van der Waals surface area contributed by atoms with Crippen molar-refractivity contribution in [3.8, 4) is 10.6 Å². The van der Waals surface area contributed by atoms with Crippen LogP contribution in [0.3, 0.4) is 0 Å². The van der Waals surface area contributed by atoms with Crippen molar-refractivity contribution in [2.24, 2.45) is 5.73 Å². The predicted molar refractivity (Wildman–Crippen MR) is 53.8 cm³/mol. The first-order valence-corrected chi connectivity index (χ1v) is 4.88. The van der Waals surface area contributed by atoms with E-state index in [0.717, 1.165) is 11.3 Å². The van der Waals surface area contributed by atoms with Gasteiger partial charge in [-0.05, 0) is 24.3 Å². The normalized spacial score (nSPS) is 10.2. The lowest BCUT2D eigenvalue weighted by atomic mass is 10.2. The summed E-state index contributed by atoms with van der Waals surface area (Å²) < 4.78 is 12.6. The number of carbonyl (C=O) groups is 1. The summed E-state index contributed by atoms with van der Waals surface area (Å²) in [6, 6.07) is 5.78. The van der Waals surface area contributed by atoms with Crippen LogP contribution in [0.4, 0.5) is 4.39 Å². The molecule has 2 N–H and O–H groups in total. The number of amides is 1. The minimum absolute atomic E-state index is 0.148. The number of benzene rings is 1. The number of halogens is 1. The number of nitrogens with zero attached hydrogens (tertiary/aromatic N) is 2. The molecule has 15 heavy (non-hydrogen) atoms. The Bertz CT molecular complexity index is 494. The second-order valence-electron chi connectivity index (χ2n) is 2.78. The molecule has 76 valence electrons. The Balaban J connectivity index is 2.37. The van der Waals surface area contributed by atoms with E-state index in [-0.39, 0.29) is 10.8 Å². The van der Waals surface area contributed by atoms with Crippen molar-refractivity contribution < 1.29 is 9.18 Å². The Morgan fingerprint density at radius 3 is 2.47 bits per heavy atom. The van der Waals surface area contributed by atoms with Gasteiger partial charge in [0.1, 0.15) is 10.8 Å². The van der Waals surface area contributed by atoms with Gasteiger partial charge in [0.2, 0.25) is 5.01 Å².